The van der Waals surface area contributed by atoms with Crippen LogP contribution in [0.3, 0.4) is 0 Å². The van der Waals surface area contributed by atoms with Crippen LogP contribution in [0.15, 0.2) is 48.6 Å². The minimum Gasteiger partial charge on any atom is -0.490 e. The summed E-state index contributed by atoms with van der Waals surface area (Å²) in [6.45, 7) is 8.94. The number of nitrogens with zero attached hydrogens (tertiary/aromatic N) is 1. The van der Waals surface area contributed by atoms with Gasteiger partial charge in [0.25, 0.3) is 0 Å². The summed E-state index contributed by atoms with van der Waals surface area (Å²) >= 11 is 6.45. The molecule has 0 radical (unpaired) electrons. The highest BCUT2D eigenvalue weighted by atomic mass is 35.5. The van der Waals surface area contributed by atoms with Crippen LogP contribution >= 0.6 is 11.6 Å². The zero-order chi connectivity index (χ0) is 33.3. The SMILES string of the molecule is COCCO[C@H]1/C=C/C[C@H](C)[C@H](C(C)C)S(=O)(=O)NC(O)c2ccc3c(c2)N(C[C@@H]2CC[C@H]21)C[C@@]1(CCCc2cc(Cl)ccc21)CO3. The highest BCUT2D eigenvalue weighted by Gasteiger charge is 2.45. The summed E-state index contributed by atoms with van der Waals surface area (Å²) in [6, 6.07) is 11.9. The van der Waals surface area contributed by atoms with Crippen molar-refractivity contribution < 1.29 is 27.7 Å². The van der Waals surface area contributed by atoms with Gasteiger partial charge < -0.3 is 24.2 Å². The number of halogens is 1. The number of benzene rings is 2. The number of ether oxygens (including phenoxy) is 3. The zero-order valence-electron chi connectivity index (χ0n) is 28.2. The lowest BCUT2D eigenvalue weighted by Crippen LogP contribution is -2.49. The molecule has 2 aliphatic carbocycles. The van der Waals surface area contributed by atoms with Crippen LogP contribution in [0.1, 0.15) is 75.8 Å². The number of fused-ring (bicyclic) bond motifs is 4. The van der Waals surface area contributed by atoms with E-state index in [4.69, 9.17) is 25.8 Å². The third-order valence-electron chi connectivity index (χ3n) is 11.0. The zero-order valence-corrected chi connectivity index (χ0v) is 29.7. The number of aliphatic hydroxyl groups is 1. The van der Waals surface area contributed by atoms with Gasteiger partial charge in [-0.05, 0) is 103 Å². The first-order chi connectivity index (χ1) is 22.5. The topological polar surface area (TPSA) is 97.3 Å². The number of anilines is 1. The summed E-state index contributed by atoms with van der Waals surface area (Å²) < 4.78 is 48.7. The van der Waals surface area contributed by atoms with Gasteiger partial charge in [-0.3, -0.25) is 0 Å². The summed E-state index contributed by atoms with van der Waals surface area (Å²) in [5, 5.41) is 11.5. The van der Waals surface area contributed by atoms with E-state index in [0.29, 0.717) is 43.6 Å². The normalized spacial score (nSPS) is 32.9. The second-order valence-electron chi connectivity index (χ2n) is 14.6. The predicted molar refractivity (Wildman–Crippen MR) is 187 cm³/mol. The van der Waals surface area contributed by atoms with E-state index in [2.05, 4.69) is 33.9 Å². The maximum Gasteiger partial charge on any atom is 0.217 e. The van der Waals surface area contributed by atoms with Gasteiger partial charge in [0, 0.05) is 30.6 Å². The largest absolute Gasteiger partial charge is 0.490 e. The number of nitrogens with one attached hydrogen (secondary N) is 1. The fourth-order valence-electron chi connectivity index (χ4n) is 8.61. The van der Waals surface area contributed by atoms with Crippen LogP contribution in [0.2, 0.25) is 5.02 Å². The van der Waals surface area contributed by atoms with Crippen LogP contribution < -0.4 is 14.4 Å². The van der Waals surface area contributed by atoms with E-state index in [-0.39, 0.29) is 23.4 Å². The third-order valence-corrected chi connectivity index (χ3v) is 13.5. The van der Waals surface area contributed by atoms with Crippen molar-refractivity contribution in [2.75, 3.05) is 44.9 Å². The number of sulfonamides is 1. The molecule has 7 atom stereocenters. The van der Waals surface area contributed by atoms with Gasteiger partial charge in [-0.15, -0.1) is 0 Å². The Hall–Kier alpha value is -2.14. The number of hydrogen-bond acceptors (Lipinski definition) is 7. The van der Waals surface area contributed by atoms with Gasteiger partial charge in [0.1, 0.15) is 12.0 Å². The smallest absolute Gasteiger partial charge is 0.217 e. The van der Waals surface area contributed by atoms with Crippen molar-refractivity contribution >= 4 is 27.3 Å². The fraction of sp³-hybridized carbons (Fsp3) is 0.622. The Morgan fingerprint density at radius 3 is 2.74 bits per heavy atom. The number of rotatable bonds is 5. The molecule has 47 heavy (non-hydrogen) atoms. The monoisotopic (exact) mass is 686 g/mol. The molecule has 2 bridgehead atoms. The van der Waals surface area contributed by atoms with Crippen molar-refractivity contribution in [3.8, 4) is 5.75 Å². The molecule has 8 nitrogen and oxygen atoms in total. The van der Waals surface area contributed by atoms with Gasteiger partial charge in [0.2, 0.25) is 10.0 Å². The molecular formula is C37H51ClN2O6S. The van der Waals surface area contributed by atoms with Crippen molar-refractivity contribution in [2.45, 2.75) is 82.3 Å². The third kappa shape index (κ3) is 7.26. The molecule has 2 aromatic carbocycles. The molecule has 1 fully saturated rings. The summed E-state index contributed by atoms with van der Waals surface area (Å²) in [5.74, 6) is 1.16. The minimum absolute atomic E-state index is 0.0846. The van der Waals surface area contributed by atoms with E-state index in [1.165, 1.54) is 11.1 Å². The van der Waals surface area contributed by atoms with E-state index in [1.807, 2.05) is 39.0 Å². The molecule has 1 unspecified atom stereocenters. The molecule has 2 heterocycles. The van der Waals surface area contributed by atoms with Crippen molar-refractivity contribution in [3.63, 3.8) is 0 Å². The van der Waals surface area contributed by atoms with Gasteiger partial charge in [-0.25, -0.2) is 8.42 Å². The number of methoxy groups -OCH3 is 1. The van der Waals surface area contributed by atoms with E-state index in [9.17, 15) is 13.5 Å². The van der Waals surface area contributed by atoms with E-state index in [0.717, 1.165) is 61.7 Å². The van der Waals surface area contributed by atoms with Crippen molar-refractivity contribution in [2.24, 2.45) is 23.7 Å². The molecule has 0 amide bonds. The average molecular weight is 687 g/mol. The van der Waals surface area contributed by atoms with Gasteiger partial charge in [0.15, 0.2) is 0 Å². The van der Waals surface area contributed by atoms with Crippen LogP contribution in [-0.4, -0.2) is 64.9 Å². The van der Waals surface area contributed by atoms with Gasteiger partial charge in [0.05, 0.1) is 36.9 Å². The average Bonchev–Trinajstić information content (AvgIpc) is 3.15. The number of aryl methyl sites for hydroxylation is 1. The Bertz CT molecular complexity index is 1550. The van der Waals surface area contributed by atoms with Crippen LogP contribution in [-0.2, 0) is 31.3 Å². The standard InChI is InChI=1S/C37H51ClN2O6S/c1-24(2)35-25(3)7-5-9-33(45-18-17-44-4)30-13-10-28(30)21-40-22-37(16-6-8-26-19-29(38)12-14-31(26)37)23-46-34-15-11-27(20-32(34)40)36(41)39-47(35,42)43/h5,9,11-12,14-15,19-20,24-25,28,30,33,35-36,39,41H,6-8,10,13,16-18,21-23H2,1-4H3/b9-5+/t25-,28-,30+,33-,35-,36?,37-/m0/s1. The maximum absolute atomic E-state index is 13.8. The fourth-order valence-corrected chi connectivity index (χ4v) is 10.9. The summed E-state index contributed by atoms with van der Waals surface area (Å²) in [4.78, 5) is 2.44. The molecule has 0 saturated heterocycles. The van der Waals surface area contributed by atoms with Crippen LogP contribution in [0, 0.1) is 23.7 Å². The highest BCUT2D eigenvalue weighted by Crippen LogP contribution is 2.47. The first-order valence-corrected chi connectivity index (χ1v) is 19.2. The molecule has 2 aromatic rings. The second kappa shape index (κ2) is 14.4. The lowest BCUT2D eigenvalue weighted by atomic mass is 9.68. The van der Waals surface area contributed by atoms with Crippen LogP contribution in [0.5, 0.6) is 5.75 Å². The Balaban J connectivity index is 1.42. The number of allylic oxidation sites excluding steroid dienone is 1. The highest BCUT2D eigenvalue weighted by molar-refractivity contribution is 7.90. The second-order valence-corrected chi connectivity index (χ2v) is 16.9. The Morgan fingerprint density at radius 1 is 1.17 bits per heavy atom. The minimum atomic E-state index is -3.88. The van der Waals surface area contributed by atoms with Crippen molar-refractivity contribution in [3.05, 3.63) is 70.3 Å². The molecule has 4 aliphatic rings. The van der Waals surface area contributed by atoms with Gasteiger partial charge in [-0.2, -0.15) is 4.72 Å². The molecule has 6 rings (SSSR count). The number of aliphatic hydroxyl groups excluding tert-OH is 1. The Kier molecular flexibility index (Phi) is 10.6. The summed E-state index contributed by atoms with van der Waals surface area (Å²) in [7, 11) is -2.19. The summed E-state index contributed by atoms with van der Waals surface area (Å²) in [6.07, 6.45) is 8.59. The molecule has 10 heteroatoms. The van der Waals surface area contributed by atoms with E-state index >= 15 is 0 Å². The van der Waals surface area contributed by atoms with E-state index < -0.39 is 21.5 Å². The lowest BCUT2D eigenvalue weighted by molar-refractivity contribution is -0.0310. The summed E-state index contributed by atoms with van der Waals surface area (Å²) in [5.41, 5.74) is 3.74. The molecule has 0 aromatic heterocycles. The molecular weight excluding hydrogens is 636 g/mol. The first kappa shape index (κ1) is 34.7. The quantitative estimate of drug-likeness (QED) is 0.278. The van der Waals surface area contributed by atoms with Crippen molar-refractivity contribution in [1.29, 1.82) is 0 Å². The molecule has 1 saturated carbocycles. The first-order valence-electron chi connectivity index (χ1n) is 17.3. The Morgan fingerprint density at radius 2 is 2.00 bits per heavy atom. The van der Waals surface area contributed by atoms with Gasteiger partial charge >= 0.3 is 0 Å². The molecule has 258 valence electrons. The Labute approximate surface area is 285 Å². The van der Waals surface area contributed by atoms with Crippen LogP contribution in [0.25, 0.3) is 0 Å². The van der Waals surface area contributed by atoms with Crippen LogP contribution in [0.4, 0.5) is 5.69 Å². The maximum atomic E-state index is 13.8. The van der Waals surface area contributed by atoms with Crippen molar-refractivity contribution in [1.82, 2.24) is 4.72 Å². The molecule has 2 N–H and O–H groups in total. The van der Waals surface area contributed by atoms with Gasteiger partial charge in [-0.1, -0.05) is 56.7 Å². The van der Waals surface area contributed by atoms with E-state index in [1.54, 1.807) is 13.2 Å². The molecule has 2 aliphatic heterocycles. The predicted octanol–water partition coefficient (Wildman–Crippen LogP) is 6.40. The number of hydrogen-bond donors (Lipinski definition) is 2. The molecule has 1 spiro atoms. The lowest BCUT2D eigenvalue weighted by Gasteiger charge is -2.46.